The Hall–Kier alpha value is -0.830. The van der Waals surface area contributed by atoms with E-state index < -0.39 is 0 Å². The van der Waals surface area contributed by atoms with Crippen LogP contribution in [-0.4, -0.2) is 9.55 Å². The monoisotopic (exact) mass is 237 g/mol. The third-order valence-corrected chi connectivity index (χ3v) is 3.19. The van der Waals surface area contributed by atoms with E-state index in [0.717, 1.165) is 12.2 Å². The molecule has 1 rings (SSSR count). The lowest BCUT2D eigenvalue weighted by molar-refractivity contribution is 0.526. The normalized spacial score (nSPS) is 12.9. The van der Waals surface area contributed by atoms with E-state index in [0.29, 0.717) is 0 Å². The van der Waals surface area contributed by atoms with E-state index in [9.17, 15) is 0 Å². The highest BCUT2D eigenvalue weighted by Crippen LogP contribution is 2.11. The molecule has 0 fully saturated rings. The molecule has 3 nitrogen and oxygen atoms in total. The summed E-state index contributed by atoms with van der Waals surface area (Å²) in [5.41, 5.74) is 5.87. The van der Waals surface area contributed by atoms with Gasteiger partial charge in [0.25, 0.3) is 0 Å². The van der Waals surface area contributed by atoms with Crippen molar-refractivity contribution in [1.82, 2.24) is 9.55 Å². The Morgan fingerprint density at radius 1 is 1.18 bits per heavy atom. The molecule has 17 heavy (non-hydrogen) atoms. The van der Waals surface area contributed by atoms with Crippen molar-refractivity contribution in [2.75, 3.05) is 0 Å². The molecule has 0 aliphatic carbocycles. The summed E-state index contributed by atoms with van der Waals surface area (Å²) in [7, 11) is 0. The van der Waals surface area contributed by atoms with E-state index in [1.54, 1.807) is 0 Å². The summed E-state index contributed by atoms with van der Waals surface area (Å²) >= 11 is 0. The van der Waals surface area contributed by atoms with Gasteiger partial charge in [-0.3, -0.25) is 0 Å². The quantitative estimate of drug-likeness (QED) is 0.666. The summed E-state index contributed by atoms with van der Waals surface area (Å²) in [5.74, 6) is 1.13. The molecular weight excluding hydrogens is 210 g/mol. The summed E-state index contributed by atoms with van der Waals surface area (Å²) < 4.78 is 2.07. The molecule has 1 unspecified atom stereocenters. The van der Waals surface area contributed by atoms with E-state index in [-0.39, 0.29) is 6.17 Å². The molecule has 1 atom stereocenters. The summed E-state index contributed by atoms with van der Waals surface area (Å²) in [4.78, 5) is 4.37. The highest BCUT2D eigenvalue weighted by molar-refractivity contribution is 4.94. The van der Waals surface area contributed by atoms with Crippen molar-refractivity contribution in [3.8, 4) is 0 Å². The topological polar surface area (TPSA) is 43.8 Å². The Morgan fingerprint density at radius 2 is 1.82 bits per heavy atom. The predicted octanol–water partition coefficient (Wildman–Crippen LogP) is 3.65. The van der Waals surface area contributed by atoms with Gasteiger partial charge in [0, 0.05) is 18.8 Å². The molecule has 0 radical (unpaired) electrons. The Bertz CT molecular complexity index is 291. The first-order valence-electron chi connectivity index (χ1n) is 7.03. The molecule has 0 saturated carbocycles. The number of rotatable bonds is 9. The zero-order valence-electron chi connectivity index (χ0n) is 11.4. The van der Waals surface area contributed by atoms with Gasteiger partial charge in [0.1, 0.15) is 5.82 Å². The van der Waals surface area contributed by atoms with Gasteiger partial charge in [-0.2, -0.15) is 0 Å². The van der Waals surface area contributed by atoms with Crippen LogP contribution in [0.25, 0.3) is 0 Å². The molecule has 0 aromatic carbocycles. The highest BCUT2D eigenvalue weighted by atomic mass is 15.1. The maximum Gasteiger partial charge on any atom is 0.109 e. The molecule has 1 heterocycles. The molecule has 1 aromatic rings. The Balaban J connectivity index is 2.11. The van der Waals surface area contributed by atoms with Crippen LogP contribution >= 0.6 is 0 Å². The van der Waals surface area contributed by atoms with Gasteiger partial charge in [0.2, 0.25) is 0 Å². The predicted molar refractivity (Wildman–Crippen MR) is 72.8 cm³/mol. The number of hydrogen-bond acceptors (Lipinski definition) is 2. The summed E-state index contributed by atoms with van der Waals surface area (Å²) in [5, 5.41) is 0. The standard InChI is InChI=1S/C14H27N3/c1-3-4-5-6-7-8-9-10-14-16-11-12-17(14)13(2)15/h11-13H,3-10,15H2,1-2H3. The van der Waals surface area contributed by atoms with E-state index >= 15 is 0 Å². The van der Waals surface area contributed by atoms with Gasteiger partial charge in [-0.25, -0.2) is 4.98 Å². The fraction of sp³-hybridized carbons (Fsp3) is 0.786. The van der Waals surface area contributed by atoms with E-state index in [2.05, 4.69) is 16.5 Å². The van der Waals surface area contributed by atoms with Crippen LogP contribution in [0.15, 0.2) is 12.4 Å². The van der Waals surface area contributed by atoms with Crippen LogP contribution in [0.1, 0.15) is 70.8 Å². The minimum absolute atomic E-state index is 0.0389. The molecule has 0 spiro atoms. The zero-order chi connectivity index (χ0) is 12.5. The molecule has 0 aliphatic rings. The second-order valence-corrected chi connectivity index (χ2v) is 4.86. The lowest BCUT2D eigenvalue weighted by Gasteiger charge is -2.11. The number of aryl methyl sites for hydroxylation is 1. The first-order chi connectivity index (χ1) is 8.25. The van der Waals surface area contributed by atoms with E-state index in [4.69, 9.17) is 5.73 Å². The number of nitrogens with zero attached hydrogens (tertiary/aromatic N) is 2. The van der Waals surface area contributed by atoms with Crippen molar-refractivity contribution < 1.29 is 0 Å². The van der Waals surface area contributed by atoms with Crippen LogP contribution in [0.3, 0.4) is 0 Å². The molecule has 0 aliphatic heterocycles. The first kappa shape index (κ1) is 14.2. The Morgan fingerprint density at radius 3 is 2.47 bits per heavy atom. The maximum atomic E-state index is 5.87. The SMILES string of the molecule is CCCCCCCCCc1nccn1C(C)N. The van der Waals surface area contributed by atoms with Crippen molar-refractivity contribution in [3.05, 3.63) is 18.2 Å². The Kier molecular flexibility index (Phi) is 6.94. The zero-order valence-corrected chi connectivity index (χ0v) is 11.4. The fourth-order valence-corrected chi connectivity index (χ4v) is 2.15. The molecule has 3 heteroatoms. The van der Waals surface area contributed by atoms with E-state index in [1.165, 1.54) is 44.9 Å². The van der Waals surface area contributed by atoms with Gasteiger partial charge in [-0.15, -0.1) is 0 Å². The van der Waals surface area contributed by atoms with Crippen LogP contribution in [0.2, 0.25) is 0 Å². The van der Waals surface area contributed by atoms with Gasteiger partial charge in [0.05, 0.1) is 6.17 Å². The van der Waals surface area contributed by atoms with Crippen LogP contribution in [0.5, 0.6) is 0 Å². The number of nitrogens with two attached hydrogens (primary N) is 1. The Labute approximate surface area is 105 Å². The van der Waals surface area contributed by atoms with Crippen LogP contribution in [0, 0.1) is 0 Å². The van der Waals surface area contributed by atoms with Crippen molar-refractivity contribution in [2.45, 2.75) is 71.4 Å². The van der Waals surface area contributed by atoms with Crippen molar-refractivity contribution in [2.24, 2.45) is 5.73 Å². The number of unbranched alkanes of at least 4 members (excludes halogenated alkanes) is 6. The number of aromatic nitrogens is 2. The average molecular weight is 237 g/mol. The van der Waals surface area contributed by atoms with Crippen LogP contribution in [0.4, 0.5) is 0 Å². The molecule has 0 bridgehead atoms. The summed E-state index contributed by atoms with van der Waals surface area (Å²) in [6, 6.07) is 0. The smallest absolute Gasteiger partial charge is 0.109 e. The van der Waals surface area contributed by atoms with Gasteiger partial charge in [-0.1, -0.05) is 45.4 Å². The van der Waals surface area contributed by atoms with Crippen molar-refractivity contribution >= 4 is 0 Å². The minimum Gasteiger partial charge on any atom is -0.319 e. The second kappa shape index (κ2) is 8.29. The third kappa shape index (κ3) is 5.35. The summed E-state index contributed by atoms with van der Waals surface area (Å²) in [6.45, 7) is 4.25. The van der Waals surface area contributed by atoms with Crippen LogP contribution < -0.4 is 5.73 Å². The van der Waals surface area contributed by atoms with Gasteiger partial charge in [-0.05, 0) is 13.3 Å². The molecule has 0 saturated heterocycles. The fourth-order valence-electron chi connectivity index (χ4n) is 2.15. The largest absolute Gasteiger partial charge is 0.319 e. The number of hydrogen-bond donors (Lipinski definition) is 1. The second-order valence-electron chi connectivity index (χ2n) is 4.86. The van der Waals surface area contributed by atoms with Gasteiger partial charge in [0.15, 0.2) is 0 Å². The van der Waals surface area contributed by atoms with Crippen molar-refractivity contribution in [3.63, 3.8) is 0 Å². The molecular formula is C14H27N3. The third-order valence-electron chi connectivity index (χ3n) is 3.19. The summed E-state index contributed by atoms with van der Waals surface area (Å²) in [6.07, 6.45) is 14.3. The maximum absolute atomic E-state index is 5.87. The first-order valence-corrected chi connectivity index (χ1v) is 7.03. The van der Waals surface area contributed by atoms with Gasteiger partial charge >= 0.3 is 0 Å². The minimum atomic E-state index is 0.0389. The lowest BCUT2D eigenvalue weighted by Crippen LogP contribution is -2.16. The number of imidazole rings is 1. The van der Waals surface area contributed by atoms with E-state index in [1.807, 2.05) is 19.3 Å². The molecule has 98 valence electrons. The highest BCUT2D eigenvalue weighted by Gasteiger charge is 2.05. The van der Waals surface area contributed by atoms with Crippen molar-refractivity contribution in [1.29, 1.82) is 0 Å². The molecule has 1 aromatic heterocycles. The van der Waals surface area contributed by atoms with Crippen LogP contribution in [-0.2, 0) is 6.42 Å². The van der Waals surface area contributed by atoms with Gasteiger partial charge < -0.3 is 10.3 Å². The molecule has 0 amide bonds. The lowest BCUT2D eigenvalue weighted by atomic mass is 10.1. The molecule has 2 N–H and O–H groups in total. The average Bonchev–Trinajstić information content (AvgIpc) is 2.76.